The van der Waals surface area contributed by atoms with Gasteiger partial charge in [-0.1, -0.05) is 0 Å². The summed E-state index contributed by atoms with van der Waals surface area (Å²) >= 11 is -1.46. The Morgan fingerprint density at radius 1 is 0.676 bits per heavy atom. The molecular formula is C28H25GaN3OSi. The van der Waals surface area contributed by atoms with Gasteiger partial charge in [-0.3, -0.25) is 0 Å². The molecule has 0 aliphatic heterocycles. The SMILES string of the molecule is Cc1nc(-c2ccccn2)[n]([Ga][O][Si](c2ccccc2)(c2ccccc2)c2ccccc2)c1C. The Morgan fingerprint density at radius 2 is 1.18 bits per heavy atom. The number of rotatable bonds is 7. The van der Waals surface area contributed by atoms with Crippen LogP contribution in [0.1, 0.15) is 11.4 Å². The molecule has 2 aromatic heterocycles. The molecule has 0 aliphatic rings. The number of nitrogens with zero attached hydrogens (tertiary/aromatic N) is 3. The standard InChI is InChI=1S/C18H15OSi.C10H10N3.Ga/c19-20(16-10-4-1-5-11-16,17-12-6-2-7-13-17)18-14-8-3-9-15-18;1-7-8(2)13-10(12-7)9-5-3-4-6-11-9;/h1-15H;3-6H,1-2H3;/q2*-1;+2. The molecule has 0 saturated heterocycles. The summed E-state index contributed by atoms with van der Waals surface area (Å²) in [6.07, 6.45) is 1.82. The monoisotopic (exact) mass is 516 g/mol. The van der Waals surface area contributed by atoms with Crippen molar-refractivity contribution in [2.24, 2.45) is 0 Å². The molecule has 0 bridgehead atoms. The number of aromatic nitrogens is 3. The van der Waals surface area contributed by atoms with E-state index >= 15 is 0 Å². The van der Waals surface area contributed by atoms with E-state index in [1.807, 2.05) is 24.4 Å². The first-order valence-corrected chi connectivity index (χ1v) is 15.3. The molecule has 34 heavy (non-hydrogen) atoms. The fourth-order valence-electron chi connectivity index (χ4n) is 4.29. The third-order valence-corrected chi connectivity index (χ3v) is 14.7. The van der Waals surface area contributed by atoms with Crippen molar-refractivity contribution in [1.29, 1.82) is 0 Å². The first-order valence-electron chi connectivity index (χ1n) is 11.3. The van der Waals surface area contributed by atoms with E-state index in [2.05, 4.69) is 113 Å². The van der Waals surface area contributed by atoms with Gasteiger partial charge in [-0.15, -0.1) is 0 Å². The average molecular weight is 517 g/mol. The molecule has 0 N–H and O–H groups in total. The molecule has 6 heteroatoms. The van der Waals surface area contributed by atoms with Gasteiger partial charge in [-0.05, 0) is 0 Å². The number of imidazole rings is 1. The van der Waals surface area contributed by atoms with Crippen LogP contribution in [-0.2, 0) is 3.22 Å². The summed E-state index contributed by atoms with van der Waals surface area (Å²) in [7, 11) is -2.74. The number of hydrogen-bond donors (Lipinski definition) is 0. The minimum absolute atomic E-state index is 0.880. The van der Waals surface area contributed by atoms with Gasteiger partial charge < -0.3 is 0 Å². The van der Waals surface area contributed by atoms with Crippen LogP contribution in [0.5, 0.6) is 0 Å². The van der Waals surface area contributed by atoms with Crippen molar-refractivity contribution in [2.45, 2.75) is 13.8 Å². The van der Waals surface area contributed by atoms with E-state index in [4.69, 9.17) is 8.20 Å². The van der Waals surface area contributed by atoms with Crippen molar-refractivity contribution in [3.63, 3.8) is 0 Å². The average Bonchev–Trinajstić information content (AvgIpc) is 3.20. The van der Waals surface area contributed by atoms with E-state index in [9.17, 15) is 0 Å². The maximum atomic E-state index is 7.32. The Hall–Kier alpha value is -3.17. The van der Waals surface area contributed by atoms with E-state index in [1.54, 1.807) is 0 Å². The van der Waals surface area contributed by atoms with Crippen molar-refractivity contribution in [3.8, 4) is 11.5 Å². The zero-order valence-electron chi connectivity index (χ0n) is 19.3. The van der Waals surface area contributed by atoms with Crippen molar-refractivity contribution in [3.05, 3.63) is 127 Å². The van der Waals surface area contributed by atoms with Crippen LogP contribution >= 0.6 is 0 Å². The van der Waals surface area contributed by atoms with Crippen molar-refractivity contribution in [2.75, 3.05) is 0 Å². The first-order chi connectivity index (χ1) is 16.7. The van der Waals surface area contributed by atoms with Crippen LogP contribution in [0.2, 0.25) is 0 Å². The van der Waals surface area contributed by atoms with E-state index in [-0.39, 0.29) is 0 Å². The van der Waals surface area contributed by atoms with Gasteiger partial charge in [-0.2, -0.15) is 0 Å². The molecule has 0 saturated carbocycles. The van der Waals surface area contributed by atoms with Crippen LogP contribution in [-0.4, -0.2) is 39.6 Å². The first kappa shape index (κ1) is 22.6. The molecule has 0 unspecified atom stereocenters. The molecule has 0 spiro atoms. The molecule has 0 amide bonds. The number of aryl methyl sites for hydroxylation is 1. The summed E-state index contributed by atoms with van der Waals surface area (Å²) < 4.78 is 9.62. The van der Waals surface area contributed by atoms with E-state index in [0.29, 0.717) is 0 Å². The molecule has 2 heterocycles. The number of benzene rings is 3. The Morgan fingerprint density at radius 3 is 1.65 bits per heavy atom. The van der Waals surface area contributed by atoms with Crippen LogP contribution in [0.3, 0.4) is 0 Å². The predicted molar refractivity (Wildman–Crippen MR) is 141 cm³/mol. The molecule has 1 radical (unpaired) electrons. The van der Waals surface area contributed by atoms with E-state index < -0.39 is 26.3 Å². The van der Waals surface area contributed by atoms with Gasteiger partial charge >= 0.3 is 210 Å². The molecule has 5 aromatic rings. The van der Waals surface area contributed by atoms with E-state index in [1.165, 1.54) is 15.6 Å². The van der Waals surface area contributed by atoms with Crippen LogP contribution in [0.25, 0.3) is 11.5 Å². The Bertz CT molecular complexity index is 1260. The fraction of sp³-hybridized carbons (Fsp3) is 0.0714. The normalized spacial score (nSPS) is 11.4. The summed E-state index contributed by atoms with van der Waals surface area (Å²) in [5, 5.41) is 3.75. The van der Waals surface area contributed by atoms with Gasteiger partial charge in [0.25, 0.3) is 0 Å². The van der Waals surface area contributed by atoms with Gasteiger partial charge in [0, 0.05) is 0 Å². The molecule has 165 valence electrons. The summed E-state index contributed by atoms with van der Waals surface area (Å²) in [6, 6.07) is 38.2. The molecular weight excluding hydrogens is 492 g/mol. The molecule has 0 atom stereocenters. The topological polar surface area (TPSA) is 39.9 Å². The van der Waals surface area contributed by atoms with Gasteiger partial charge in [0.1, 0.15) is 0 Å². The molecule has 4 nitrogen and oxygen atoms in total. The second-order valence-corrected chi connectivity index (χ2v) is 14.5. The van der Waals surface area contributed by atoms with Gasteiger partial charge in [0.05, 0.1) is 0 Å². The van der Waals surface area contributed by atoms with Crippen LogP contribution in [0.15, 0.2) is 115 Å². The van der Waals surface area contributed by atoms with Crippen molar-refractivity contribution < 1.29 is 3.22 Å². The zero-order valence-corrected chi connectivity index (χ0v) is 22.7. The summed E-state index contributed by atoms with van der Waals surface area (Å²) in [5.41, 5.74) is 3.05. The third-order valence-electron chi connectivity index (χ3n) is 6.16. The van der Waals surface area contributed by atoms with Crippen molar-refractivity contribution >= 4 is 41.9 Å². The van der Waals surface area contributed by atoms with E-state index in [0.717, 1.165) is 22.9 Å². The van der Waals surface area contributed by atoms with Crippen LogP contribution < -0.4 is 15.6 Å². The second-order valence-electron chi connectivity index (χ2n) is 8.19. The van der Waals surface area contributed by atoms with Gasteiger partial charge in [0.15, 0.2) is 0 Å². The molecule has 5 rings (SSSR count). The van der Waals surface area contributed by atoms with Crippen LogP contribution in [0.4, 0.5) is 0 Å². The second kappa shape index (κ2) is 9.99. The van der Waals surface area contributed by atoms with Gasteiger partial charge in [-0.25, -0.2) is 0 Å². The minimum atomic E-state index is -2.74. The van der Waals surface area contributed by atoms with Gasteiger partial charge in [0.2, 0.25) is 0 Å². The quantitative estimate of drug-likeness (QED) is 0.245. The third kappa shape index (κ3) is 4.21. The Kier molecular flexibility index (Phi) is 6.64. The van der Waals surface area contributed by atoms with Crippen LogP contribution in [0, 0.1) is 13.8 Å². The number of hydrogen-bond acceptors (Lipinski definition) is 3. The summed E-state index contributed by atoms with van der Waals surface area (Å²) in [6.45, 7) is 4.19. The maximum absolute atomic E-state index is 7.32. The summed E-state index contributed by atoms with van der Waals surface area (Å²) in [5.74, 6) is 0.896. The van der Waals surface area contributed by atoms with Crippen molar-refractivity contribution in [1.82, 2.24) is 13.2 Å². The molecule has 0 fully saturated rings. The predicted octanol–water partition coefficient (Wildman–Crippen LogP) is 3.63. The summed E-state index contributed by atoms with van der Waals surface area (Å²) in [4.78, 5) is 9.45. The number of pyridine rings is 1. The Labute approximate surface area is 209 Å². The fourth-order valence-corrected chi connectivity index (χ4v) is 13.5. The zero-order chi connectivity index (χ0) is 23.4. The molecule has 0 aliphatic carbocycles. The Balaban J connectivity index is 1.67. The molecule has 3 aromatic carbocycles.